The van der Waals surface area contributed by atoms with Crippen molar-refractivity contribution >= 4 is 0 Å². The Hall–Kier alpha value is -0.120. The first-order valence-electron chi connectivity index (χ1n) is 8.32. The van der Waals surface area contributed by atoms with Crippen LogP contribution < -0.4 is 5.73 Å². The summed E-state index contributed by atoms with van der Waals surface area (Å²) in [4.78, 5) is 2.66. The maximum Gasteiger partial charge on any atom is 0.0850 e. The van der Waals surface area contributed by atoms with Crippen molar-refractivity contribution in [3.8, 4) is 0 Å². The zero-order valence-corrected chi connectivity index (χ0v) is 12.8. The number of morpholine rings is 1. The zero-order valence-electron chi connectivity index (χ0n) is 12.8. The molecule has 1 aliphatic heterocycles. The van der Waals surface area contributed by atoms with Crippen LogP contribution in [0, 0.1) is 5.92 Å². The average Bonchev–Trinajstić information content (AvgIpc) is 2.65. The topological polar surface area (TPSA) is 38.5 Å². The minimum atomic E-state index is 0.154. The second kappa shape index (κ2) is 7.61. The third-order valence-electron chi connectivity index (χ3n) is 4.98. The van der Waals surface area contributed by atoms with E-state index in [0.717, 1.165) is 31.7 Å². The van der Waals surface area contributed by atoms with Gasteiger partial charge in [0.05, 0.1) is 12.7 Å². The van der Waals surface area contributed by atoms with Crippen LogP contribution in [-0.4, -0.2) is 42.8 Å². The lowest BCUT2D eigenvalue weighted by Gasteiger charge is -2.39. The van der Waals surface area contributed by atoms with Crippen molar-refractivity contribution < 1.29 is 4.74 Å². The van der Waals surface area contributed by atoms with Gasteiger partial charge in [-0.2, -0.15) is 0 Å². The highest BCUT2D eigenvalue weighted by Crippen LogP contribution is 2.29. The van der Waals surface area contributed by atoms with E-state index < -0.39 is 0 Å². The molecule has 0 spiro atoms. The minimum Gasteiger partial charge on any atom is -0.374 e. The Morgan fingerprint density at radius 1 is 1.26 bits per heavy atom. The fraction of sp³-hybridized carbons (Fsp3) is 1.00. The fourth-order valence-electron chi connectivity index (χ4n) is 3.77. The molecule has 2 fully saturated rings. The SMILES string of the molecule is CCCC1CCCC(N2CCOC(C(C)N)C2)CC1. The zero-order chi connectivity index (χ0) is 13.7. The molecule has 4 atom stereocenters. The molecule has 3 heteroatoms. The molecule has 2 aliphatic rings. The van der Waals surface area contributed by atoms with Gasteiger partial charge in [-0.25, -0.2) is 0 Å². The fourth-order valence-corrected chi connectivity index (χ4v) is 3.77. The number of nitrogens with zero attached hydrogens (tertiary/aromatic N) is 1. The number of nitrogens with two attached hydrogens (primary N) is 1. The van der Waals surface area contributed by atoms with Gasteiger partial charge in [0.2, 0.25) is 0 Å². The van der Waals surface area contributed by atoms with Crippen LogP contribution in [0.2, 0.25) is 0 Å². The Kier molecular flexibility index (Phi) is 6.11. The largest absolute Gasteiger partial charge is 0.374 e. The first kappa shape index (κ1) is 15.3. The molecular weight excluding hydrogens is 236 g/mol. The molecule has 4 unspecified atom stereocenters. The Morgan fingerprint density at radius 2 is 2.11 bits per heavy atom. The molecule has 112 valence electrons. The molecule has 1 saturated carbocycles. The van der Waals surface area contributed by atoms with Crippen molar-refractivity contribution in [1.29, 1.82) is 0 Å². The molecule has 0 radical (unpaired) electrons. The summed E-state index contributed by atoms with van der Waals surface area (Å²) in [6.45, 7) is 7.39. The van der Waals surface area contributed by atoms with Crippen molar-refractivity contribution in [3.63, 3.8) is 0 Å². The Morgan fingerprint density at radius 3 is 2.84 bits per heavy atom. The second-order valence-electron chi connectivity index (χ2n) is 6.58. The summed E-state index contributed by atoms with van der Waals surface area (Å²) in [7, 11) is 0. The molecule has 1 saturated heterocycles. The van der Waals surface area contributed by atoms with E-state index in [2.05, 4.69) is 18.7 Å². The van der Waals surface area contributed by atoms with Gasteiger partial charge in [0.25, 0.3) is 0 Å². The minimum absolute atomic E-state index is 0.154. The number of rotatable bonds is 4. The normalized spacial score (nSPS) is 35.8. The lowest BCUT2D eigenvalue weighted by molar-refractivity contribution is -0.0534. The lowest BCUT2D eigenvalue weighted by Crippen LogP contribution is -2.52. The Balaban J connectivity index is 1.84. The first-order chi connectivity index (χ1) is 9.20. The molecule has 0 aromatic carbocycles. The third-order valence-corrected chi connectivity index (χ3v) is 4.98. The van der Waals surface area contributed by atoms with E-state index in [9.17, 15) is 0 Å². The van der Waals surface area contributed by atoms with Crippen LogP contribution in [0.5, 0.6) is 0 Å². The molecule has 2 rings (SSSR count). The summed E-state index contributed by atoms with van der Waals surface area (Å²) < 4.78 is 5.78. The standard InChI is InChI=1S/C16H32N2O/c1-3-5-14-6-4-7-15(9-8-14)18-10-11-19-16(12-18)13(2)17/h13-16H,3-12,17H2,1-2H3. The summed E-state index contributed by atoms with van der Waals surface area (Å²) >= 11 is 0. The predicted molar refractivity (Wildman–Crippen MR) is 80.2 cm³/mol. The van der Waals surface area contributed by atoms with Crippen LogP contribution in [0.4, 0.5) is 0 Å². The Labute approximate surface area is 118 Å². The molecule has 2 N–H and O–H groups in total. The highest BCUT2D eigenvalue weighted by molar-refractivity contribution is 4.84. The van der Waals surface area contributed by atoms with Crippen LogP contribution in [0.15, 0.2) is 0 Å². The van der Waals surface area contributed by atoms with E-state index in [4.69, 9.17) is 10.5 Å². The van der Waals surface area contributed by atoms with Gasteiger partial charge in [-0.1, -0.05) is 32.6 Å². The maximum absolute atomic E-state index is 6.00. The quantitative estimate of drug-likeness (QED) is 0.797. The summed E-state index contributed by atoms with van der Waals surface area (Å²) in [6.07, 6.45) is 10.1. The molecule has 0 bridgehead atoms. The van der Waals surface area contributed by atoms with Crippen molar-refractivity contribution in [2.45, 2.75) is 77.0 Å². The van der Waals surface area contributed by atoms with Crippen molar-refractivity contribution in [2.75, 3.05) is 19.7 Å². The molecule has 1 aliphatic carbocycles. The third kappa shape index (κ3) is 4.44. The maximum atomic E-state index is 6.00. The molecule has 19 heavy (non-hydrogen) atoms. The van der Waals surface area contributed by atoms with E-state index >= 15 is 0 Å². The van der Waals surface area contributed by atoms with Crippen LogP contribution in [0.3, 0.4) is 0 Å². The number of hydrogen-bond donors (Lipinski definition) is 1. The number of hydrogen-bond acceptors (Lipinski definition) is 3. The van der Waals surface area contributed by atoms with E-state index in [1.54, 1.807) is 0 Å². The van der Waals surface area contributed by atoms with E-state index in [1.807, 2.05) is 0 Å². The number of ether oxygens (including phenoxy) is 1. The van der Waals surface area contributed by atoms with Gasteiger partial charge in [0, 0.05) is 25.2 Å². The van der Waals surface area contributed by atoms with Gasteiger partial charge in [0.15, 0.2) is 0 Å². The van der Waals surface area contributed by atoms with Crippen molar-refractivity contribution in [2.24, 2.45) is 11.7 Å². The van der Waals surface area contributed by atoms with Crippen LogP contribution in [0.25, 0.3) is 0 Å². The molecule has 1 heterocycles. The first-order valence-corrected chi connectivity index (χ1v) is 8.32. The van der Waals surface area contributed by atoms with Gasteiger partial charge in [-0.3, -0.25) is 4.90 Å². The van der Waals surface area contributed by atoms with E-state index in [1.165, 1.54) is 44.9 Å². The highest BCUT2D eigenvalue weighted by atomic mass is 16.5. The molecule has 0 aromatic heterocycles. The predicted octanol–water partition coefficient (Wildman–Crippen LogP) is 2.78. The van der Waals surface area contributed by atoms with Gasteiger partial charge in [0.1, 0.15) is 0 Å². The van der Waals surface area contributed by atoms with Crippen LogP contribution >= 0.6 is 0 Å². The lowest BCUT2D eigenvalue weighted by atomic mass is 9.95. The highest BCUT2D eigenvalue weighted by Gasteiger charge is 2.29. The molecule has 0 aromatic rings. The second-order valence-corrected chi connectivity index (χ2v) is 6.58. The van der Waals surface area contributed by atoms with Crippen LogP contribution in [0.1, 0.15) is 58.8 Å². The van der Waals surface area contributed by atoms with Crippen molar-refractivity contribution in [3.05, 3.63) is 0 Å². The Bertz CT molecular complexity index is 257. The molecule has 0 amide bonds. The summed E-state index contributed by atoms with van der Waals surface area (Å²) in [6, 6.07) is 0.938. The van der Waals surface area contributed by atoms with E-state index in [0.29, 0.717) is 0 Å². The summed E-state index contributed by atoms with van der Waals surface area (Å²) in [5, 5.41) is 0. The van der Waals surface area contributed by atoms with Gasteiger partial charge < -0.3 is 10.5 Å². The summed E-state index contributed by atoms with van der Waals surface area (Å²) in [5.41, 5.74) is 6.00. The smallest absolute Gasteiger partial charge is 0.0850 e. The van der Waals surface area contributed by atoms with Gasteiger partial charge >= 0.3 is 0 Å². The average molecular weight is 268 g/mol. The summed E-state index contributed by atoms with van der Waals surface area (Å²) in [5.74, 6) is 0.986. The van der Waals surface area contributed by atoms with Gasteiger partial charge in [-0.15, -0.1) is 0 Å². The van der Waals surface area contributed by atoms with Crippen LogP contribution in [-0.2, 0) is 4.74 Å². The van der Waals surface area contributed by atoms with Gasteiger partial charge in [-0.05, 0) is 32.1 Å². The molecular formula is C16H32N2O. The van der Waals surface area contributed by atoms with E-state index in [-0.39, 0.29) is 12.1 Å². The molecule has 3 nitrogen and oxygen atoms in total. The monoisotopic (exact) mass is 268 g/mol. The van der Waals surface area contributed by atoms with Crippen molar-refractivity contribution in [1.82, 2.24) is 4.90 Å².